The fraction of sp³-hybridized carbons (Fsp3) is 0.471. The number of hydrogen-bond acceptors (Lipinski definition) is 6. The molecule has 0 radical (unpaired) electrons. The predicted molar refractivity (Wildman–Crippen MR) is 88.2 cm³/mol. The van der Waals surface area contributed by atoms with Crippen molar-refractivity contribution in [2.75, 3.05) is 26.2 Å². The molecule has 0 spiro atoms. The van der Waals surface area contributed by atoms with Crippen LogP contribution in [-0.4, -0.2) is 47.2 Å². The molecule has 1 atom stereocenters. The van der Waals surface area contributed by atoms with E-state index in [-0.39, 0.29) is 12.0 Å². The van der Waals surface area contributed by atoms with Crippen LogP contribution < -0.4 is 5.73 Å². The van der Waals surface area contributed by atoms with Crippen LogP contribution in [0.5, 0.6) is 0 Å². The molecule has 0 aromatic carbocycles. The zero-order chi connectivity index (χ0) is 17.1. The molecule has 0 aliphatic carbocycles. The van der Waals surface area contributed by atoms with Gasteiger partial charge in [-0.1, -0.05) is 11.2 Å². The summed E-state index contributed by atoms with van der Waals surface area (Å²) < 4.78 is 11.1. The molecule has 0 saturated carbocycles. The minimum absolute atomic E-state index is 0.0627. The smallest absolute Gasteiger partial charge is 0.224 e. The van der Waals surface area contributed by atoms with Gasteiger partial charge >= 0.3 is 0 Å². The van der Waals surface area contributed by atoms with Gasteiger partial charge in [-0.05, 0) is 26.0 Å². The first-order valence-electron chi connectivity index (χ1n) is 8.09. The van der Waals surface area contributed by atoms with Crippen molar-refractivity contribution in [2.24, 2.45) is 5.73 Å². The van der Waals surface area contributed by atoms with Crippen LogP contribution in [0, 0.1) is 13.8 Å². The van der Waals surface area contributed by atoms with E-state index in [0.717, 1.165) is 28.4 Å². The third-order valence-corrected chi connectivity index (χ3v) is 4.17. The molecule has 0 bridgehead atoms. The molecule has 2 aromatic rings. The summed E-state index contributed by atoms with van der Waals surface area (Å²) in [5.74, 6) is 0.800. The highest BCUT2D eigenvalue weighted by Gasteiger charge is 2.26. The van der Waals surface area contributed by atoms with E-state index in [1.807, 2.05) is 32.0 Å². The third-order valence-electron chi connectivity index (χ3n) is 4.17. The number of ether oxygens (including phenoxy) is 1. The molecule has 1 amide bonds. The molecule has 1 saturated heterocycles. The number of aromatic nitrogens is 2. The summed E-state index contributed by atoms with van der Waals surface area (Å²) >= 11 is 0. The van der Waals surface area contributed by atoms with Crippen molar-refractivity contribution in [2.45, 2.75) is 26.4 Å². The second-order valence-corrected chi connectivity index (χ2v) is 5.88. The van der Waals surface area contributed by atoms with Gasteiger partial charge in [0.05, 0.1) is 35.8 Å². The van der Waals surface area contributed by atoms with Gasteiger partial charge < -0.3 is 19.9 Å². The van der Waals surface area contributed by atoms with Crippen LogP contribution in [-0.2, 0) is 9.53 Å². The van der Waals surface area contributed by atoms with Gasteiger partial charge in [-0.15, -0.1) is 0 Å². The van der Waals surface area contributed by atoms with Crippen LogP contribution in [0.2, 0.25) is 0 Å². The molecule has 128 valence electrons. The molecule has 1 aliphatic rings. The van der Waals surface area contributed by atoms with E-state index in [2.05, 4.69) is 5.16 Å². The average Bonchev–Trinajstić information content (AvgIpc) is 2.94. The van der Waals surface area contributed by atoms with Crippen molar-refractivity contribution >= 4 is 5.91 Å². The normalized spacial score (nSPS) is 18.0. The number of aryl methyl sites for hydroxylation is 2. The lowest BCUT2D eigenvalue weighted by Crippen LogP contribution is -2.43. The minimum atomic E-state index is -0.235. The molecule has 2 N–H and O–H groups in total. The summed E-state index contributed by atoms with van der Waals surface area (Å²) in [5.41, 5.74) is 8.80. The van der Waals surface area contributed by atoms with Gasteiger partial charge in [0.2, 0.25) is 5.91 Å². The van der Waals surface area contributed by atoms with Crippen molar-refractivity contribution in [1.82, 2.24) is 15.0 Å². The van der Waals surface area contributed by atoms with Crippen LogP contribution >= 0.6 is 0 Å². The fourth-order valence-corrected chi connectivity index (χ4v) is 2.96. The molecular formula is C17H22N4O3. The summed E-state index contributed by atoms with van der Waals surface area (Å²) in [4.78, 5) is 18.6. The van der Waals surface area contributed by atoms with Gasteiger partial charge in [-0.25, -0.2) is 4.98 Å². The highest BCUT2D eigenvalue weighted by atomic mass is 16.5. The number of morpholine rings is 1. The lowest BCUT2D eigenvalue weighted by molar-refractivity contribution is -0.138. The molecule has 1 aliphatic heterocycles. The van der Waals surface area contributed by atoms with E-state index < -0.39 is 0 Å². The summed E-state index contributed by atoms with van der Waals surface area (Å²) in [7, 11) is 0. The maximum Gasteiger partial charge on any atom is 0.224 e. The Bertz CT molecular complexity index is 709. The molecule has 24 heavy (non-hydrogen) atoms. The first-order valence-corrected chi connectivity index (χ1v) is 8.09. The van der Waals surface area contributed by atoms with Crippen LogP contribution in [0.4, 0.5) is 0 Å². The van der Waals surface area contributed by atoms with Crippen molar-refractivity contribution < 1.29 is 14.1 Å². The zero-order valence-corrected chi connectivity index (χ0v) is 14.0. The first kappa shape index (κ1) is 16.6. The average molecular weight is 330 g/mol. The highest BCUT2D eigenvalue weighted by Crippen LogP contribution is 2.28. The van der Waals surface area contributed by atoms with E-state index in [9.17, 15) is 4.79 Å². The Morgan fingerprint density at radius 3 is 2.96 bits per heavy atom. The lowest BCUT2D eigenvalue weighted by Gasteiger charge is -2.32. The van der Waals surface area contributed by atoms with E-state index in [4.69, 9.17) is 20.0 Å². The van der Waals surface area contributed by atoms with Gasteiger partial charge in [0.1, 0.15) is 11.9 Å². The summed E-state index contributed by atoms with van der Waals surface area (Å²) in [5, 5.41) is 3.98. The minimum Gasteiger partial charge on any atom is -0.368 e. The Hall–Kier alpha value is -2.25. The molecule has 0 unspecified atom stereocenters. The van der Waals surface area contributed by atoms with E-state index in [1.165, 1.54) is 0 Å². The summed E-state index contributed by atoms with van der Waals surface area (Å²) in [6, 6.07) is 5.78. The van der Waals surface area contributed by atoms with Gasteiger partial charge in [0, 0.05) is 19.5 Å². The quantitative estimate of drug-likeness (QED) is 0.915. The number of nitrogens with zero attached hydrogens (tertiary/aromatic N) is 3. The van der Waals surface area contributed by atoms with Gasteiger partial charge in [-0.2, -0.15) is 0 Å². The van der Waals surface area contributed by atoms with Crippen LogP contribution in [0.3, 0.4) is 0 Å². The van der Waals surface area contributed by atoms with E-state index >= 15 is 0 Å². The highest BCUT2D eigenvalue weighted by molar-refractivity contribution is 5.76. The number of carbonyl (C=O) groups is 1. The van der Waals surface area contributed by atoms with E-state index in [1.54, 1.807) is 4.90 Å². The van der Waals surface area contributed by atoms with Gasteiger partial charge in [0.25, 0.3) is 0 Å². The number of carbonyl (C=O) groups excluding carboxylic acids is 1. The maximum absolute atomic E-state index is 12.1. The van der Waals surface area contributed by atoms with Crippen LogP contribution in [0.25, 0.3) is 11.3 Å². The standard InChI is InChI=1S/C17H22N4O3/c1-11-17(12(2)24-20-11)14-5-3-4-13(19-14)15-10-21(8-9-23-15)16(22)6-7-18/h3-5,15H,6-10,18H2,1-2H3/t15-/m0/s1. The Labute approximate surface area is 140 Å². The number of hydrogen-bond donors (Lipinski definition) is 1. The second-order valence-electron chi connectivity index (χ2n) is 5.88. The molecular weight excluding hydrogens is 308 g/mol. The number of rotatable bonds is 4. The predicted octanol–water partition coefficient (Wildman–Crippen LogP) is 1.60. The first-order chi connectivity index (χ1) is 11.6. The molecule has 3 rings (SSSR count). The SMILES string of the molecule is Cc1noc(C)c1-c1cccc([C@@H]2CN(C(=O)CCN)CCO2)n1. The Balaban J connectivity index is 1.82. The number of pyridine rings is 1. The zero-order valence-electron chi connectivity index (χ0n) is 14.0. The van der Waals surface area contributed by atoms with Crippen molar-refractivity contribution in [1.29, 1.82) is 0 Å². The molecule has 2 aromatic heterocycles. The lowest BCUT2D eigenvalue weighted by atomic mass is 10.1. The monoisotopic (exact) mass is 330 g/mol. The molecule has 7 nitrogen and oxygen atoms in total. The van der Waals surface area contributed by atoms with Crippen molar-refractivity contribution in [3.63, 3.8) is 0 Å². The van der Waals surface area contributed by atoms with Crippen LogP contribution in [0.1, 0.15) is 29.7 Å². The summed E-state index contributed by atoms with van der Waals surface area (Å²) in [6.45, 7) is 5.72. The molecule has 3 heterocycles. The topological polar surface area (TPSA) is 94.5 Å². The second kappa shape index (κ2) is 7.11. The Morgan fingerprint density at radius 1 is 1.42 bits per heavy atom. The third kappa shape index (κ3) is 3.32. The Morgan fingerprint density at radius 2 is 2.25 bits per heavy atom. The molecule has 7 heteroatoms. The number of amides is 1. The van der Waals surface area contributed by atoms with Crippen molar-refractivity contribution in [3.8, 4) is 11.3 Å². The van der Waals surface area contributed by atoms with Gasteiger partial charge in [-0.3, -0.25) is 4.79 Å². The Kier molecular flexibility index (Phi) is 4.92. The maximum atomic E-state index is 12.1. The fourth-order valence-electron chi connectivity index (χ4n) is 2.96. The van der Waals surface area contributed by atoms with Crippen molar-refractivity contribution in [3.05, 3.63) is 35.3 Å². The van der Waals surface area contributed by atoms with E-state index in [0.29, 0.717) is 32.7 Å². The molecule has 1 fully saturated rings. The van der Waals surface area contributed by atoms with Crippen LogP contribution in [0.15, 0.2) is 22.7 Å². The largest absolute Gasteiger partial charge is 0.368 e. The number of nitrogens with two attached hydrogens (primary N) is 1. The van der Waals surface area contributed by atoms with Gasteiger partial charge in [0.15, 0.2) is 0 Å². The summed E-state index contributed by atoms with van der Waals surface area (Å²) in [6.07, 6.45) is 0.125.